The molecule has 0 spiro atoms. The van der Waals surface area contributed by atoms with Gasteiger partial charge in [0, 0.05) is 24.7 Å². The number of amides is 3. The number of hydrogen-bond donors (Lipinski definition) is 4. The van der Waals surface area contributed by atoms with E-state index in [9.17, 15) is 27.9 Å². The Morgan fingerprint density at radius 1 is 0.925 bits per heavy atom. The van der Waals surface area contributed by atoms with Crippen molar-refractivity contribution >= 4 is 27.7 Å². The normalized spacial score (nSPS) is 20.3. The third kappa shape index (κ3) is 6.81. The number of carbonyl (C=O) groups is 3. The SMILES string of the molecule is Cc1ccc2cc1OCCNC(=O)CN(S(=O)(=O)c1ccc3c(c1)OCCO3)CCNC(=O)[C@H]([C@@H](C)O)NC2=O. The Balaban J connectivity index is 1.59. The van der Waals surface area contributed by atoms with Crippen LogP contribution in [0.15, 0.2) is 41.3 Å². The van der Waals surface area contributed by atoms with Gasteiger partial charge in [-0.15, -0.1) is 0 Å². The highest BCUT2D eigenvalue weighted by molar-refractivity contribution is 7.89. The molecule has 0 saturated carbocycles. The molecule has 2 bridgehead atoms. The summed E-state index contributed by atoms with van der Waals surface area (Å²) in [7, 11) is -4.22. The van der Waals surface area contributed by atoms with Gasteiger partial charge < -0.3 is 35.3 Å². The maximum absolute atomic E-state index is 13.6. The first-order valence-electron chi connectivity index (χ1n) is 12.7. The van der Waals surface area contributed by atoms with E-state index >= 15 is 0 Å². The van der Waals surface area contributed by atoms with Crippen molar-refractivity contribution in [1.82, 2.24) is 20.3 Å². The van der Waals surface area contributed by atoms with Crippen LogP contribution in [0.3, 0.4) is 0 Å². The number of sulfonamides is 1. The van der Waals surface area contributed by atoms with Gasteiger partial charge >= 0.3 is 0 Å². The number of benzene rings is 2. The van der Waals surface area contributed by atoms with E-state index in [2.05, 4.69) is 16.0 Å². The zero-order valence-electron chi connectivity index (χ0n) is 22.1. The average Bonchev–Trinajstić information content (AvgIpc) is 2.93. The lowest BCUT2D eigenvalue weighted by Crippen LogP contribution is -2.53. The van der Waals surface area contributed by atoms with Crippen LogP contribution in [-0.4, -0.2) is 93.7 Å². The molecule has 14 heteroatoms. The maximum atomic E-state index is 13.6. The number of hydrogen-bond acceptors (Lipinski definition) is 9. The molecule has 0 aromatic heterocycles. The molecule has 4 rings (SSSR count). The lowest BCUT2D eigenvalue weighted by Gasteiger charge is -2.25. The molecule has 0 fully saturated rings. The Labute approximate surface area is 231 Å². The van der Waals surface area contributed by atoms with E-state index in [0.29, 0.717) is 18.1 Å². The second kappa shape index (κ2) is 12.5. The van der Waals surface area contributed by atoms with Crippen LogP contribution in [0, 0.1) is 6.92 Å². The molecule has 216 valence electrons. The fourth-order valence-electron chi connectivity index (χ4n) is 4.13. The van der Waals surface area contributed by atoms with E-state index in [-0.39, 0.29) is 49.1 Å². The summed E-state index contributed by atoms with van der Waals surface area (Å²) in [4.78, 5) is 38.4. The summed E-state index contributed by atoms with van der Waals surface area (Å²) in [5.41, 5.74) is 0.950. The number of aliphatic hydroxyl groups excluding tert-OH is 1. The van der Waals surface area contributed by atoms with Gasteiger partial charge in [0.25, 0.3) is 5.91 Å². The molecular formula is C26H32N4O9S. The summed E-state index contributed by atoms with van der Waals surface area (Å²) in [6, 6.07) is 7.58. The van der Waals surface area contributed by atoms with Crippen LogP contribution in [0.2, 0.25) is 0 Å². The van der Waals surface area contributed by atoms with Crippen molar-refractivity contribution in [2.75, 3.05) is 46.0 Å². The Morgan fingerprint density at radius 2 is 1.65 bits per heavy atom. The highest BCUT2D eigenvalue weighted by Crippen LogP contribution is 2.33. The highest BCUT2D eigenvalue weighted by Gasteiger charge is 2.30. The molecule has 40 heavy (non-hydrogen) atoms. The van der Waals surface area contributed by atoms with Crippen LogP contribution in [0.4, 0.5) is 0 Å². The number of nitrogens with zero attached hydrogens (tertiary/aromatic N) is 1. The number of aliphatic hydroxyl groups is 1. The fraction of sp³-hybridized carbons (Fsp3) is 0.423. The molecular weight excluding hydrogens is 544 g/mol. The minimum atomic E-state index is -4.22. The van der Waals surface area contributed by atoms with Crippen molar-refractivity contribution < 1.29 is 42.1 Å². The van der Waals surface area contributed by atoms with Gasteiger partial charge in [-0.25, -0.2) is 8.42 Å². The van der Waals surface area contributed by atoms with Crippen molar-refractivity contribution in [1.29, 1.82) is 0 Å². The number of rotatable bonds is 3. The molecule has 3 amide bonds. The highest BCUT2D eigenvalue weighted by atomic mass is 32.2. The van der Waals surface area contributed by atoms with Crippen LogP contribution in [0.25, 0.3) is 0 Å². The first kappa shape index (κ1) is 29.1. The van der Waals surface area contributed by atoms with Gasteiger partial charge in [0.1, 0.15) is 31.6 Å². The van der Waals surface area contributed by atoms with E-state index in [1.807, 2.05) is 0 Å². The van der Waals surface area contributed by atoms with Gasteiger partial charge in [0.2, 0.25) is 21.8 Å². The third-order valence-electron chi connectivity index (χ3n) is 6.32. The Bertz CT molecular complexity index is 1380. The van der Waals surface area contributed by atoms with Gasteiger partial charge in [0.05, 0.1) is 24.1 Å². The van der Waals surface area contributed by atoms with Crippen molar-refractivity contribution in [2.45, 2.75) is 30.9 Å². The Morgan fingerprint density at radius 3 is 2.40 bits per heavy atom. The quantitative estimate of drug-likeness (QED) is 0.378. The van der Waals surface area contributed by atoms with Gasteiger partial charge in [-0.3, -0.25) is 14.4 Å². The molecule has 2 aliphatic rings. The largest absolute Gasteiger partial charge is 0.491 e. The maximum Gasteiger partial charge on any atom is 0.252 e. The minimum absolute atomic E-state index is 0.0584. The molecule has 0 saturated heterocycles. The van der Waals surface area contributed by atoms with E-state index in [1.54, 1.807) is 19.1 Å². The molecule has 0 aliphatic carbocycles. The molecule has 4 N–H and O–H groups in total. The van der Waals surface area contributed by atoms with E-state index in [1.165, 1.54) is 31.2 Å². The summed E-state index contributed by atoms with van der Waals surface area (Å²) in [6.07, 6.45) is -1.25. The number of fused-ring (bicyclic) bond motifs is 3. The Hall–Kier alpha value is -3.88. The molecule has 13 nitrogen and oxygen atoms in total. The topological polar surface area (TPSA) is 173 Å². The molecule has 2 heterocycles. The first-order chi connectivity index (χ1) is 19.1. The number of nitrogens with one attached hydrogen (secondary N) is 3. The Kier molecular flexibility index (Phi) is 9.12. The van der Waals surface area contributed by atoms with Gasteiger partial charge in [-0.05, 0) is 43.7 Å². The predicted molar refractivity (Wildman–Crippen MR) is 142 cm³/mol. The van der Waals surface area contributed by atoms with Gasteiger partial charge in [0.15, 0.2) is 11.5 Å². The molecule has 2 aromatic rings. The third-order valence-corrected chi connectivity index (χ3v) is 8.16. The van der Waals surface area contributed by atoms with Crippen molar-refractivity contribution in [3.8, 4) is 17.2 Å². The summed E-state index contributed by atoms with van der Waals surface area (Å²) in [5.74, 6) is -0.840. The van der Waals surface area contributed by atoms with Crippen molar-refractivity contribution in [2.24, 2.45) is 0 Å². The van der Waals surface area contributed by atoms with Gasteiger partial charge in [-0.1, -0.05) is 6.07 Å². The predicted octanol–water partition coefficient (Wildman–Crippen LogP) is -0.439. The zero-order valence-corrected chi connectivity index (χ0v) is 23.0. The van der Waals surface area contributed by atoms with Crippen LogP contribution in [0.5, 0.6) is 17.2 Å². The second-order valence-electron chi connectivity index (χ2n) is 9.31. The molecule has 2 aromatic carbocycles. The second-order valence-corrected chi connectivity index (χ2v) is 11.2. The number of aryl methyl sites for hydroxylation is 1. The van der Waals surface area contributed by atoms with Crippen LogP contribution >= 0.6 is 0 Å². The lowest BCUT2D eigenvalue weighted by atomic mass is 10.1. The summed E-state index contributed by atoms with van der Waals surface area (Å²) in [5, 5.41) is 17.9. The molecule has 0 unspecified atom stereocenters. The van der Waals surface area contributed by atoms with E-state index < -0.39 is 46.4 Å². The monoisotopic (exact) mass is 576 g/mol. The van der Waals surface area contributed by atoms with E-state index in [4.69, 9.17) is 14.2 Å². The smallest absolute Gasteiger partial charge is 0.252 e. The van der Waals surface area contributed by atoms with Crippen molar-refractivity contribution in [3.05, 3.63) is 47.5 Å². The lowest BCUT2D eigenvalue weighted by molar-refractivity contribution is -0.125. The summed E-state index contributed by atoms with van der Waals surface area (Å²) in [6.45, 7) is 2.87. The fourth-order valence-corrected chi connectivity index (χ4v) is 5.54. The summed E-state index contributed by atoms with van der Waals surface area (Å²) >= 11 is 0. The van der Waals surface area contributed by atoms with E-state index in [0.717, 1.165) is 9.87 Å². The van der Waals surface area contributed by atoms with Crippen LogP contribution in [-0.2, 0) is 19.6 Å². The molecule has 0 radical (unpaired) electrons. The standard InChI is InChI=1S/C26H32N4O9S/c1-16-3-4-18-13-21(16)37-10-8-27-23(32)15-30(9-7-28-26(34)24(17(2)31)29-25(18)33)40(35,36)19-5-6-20-22(14-19)39-12-11-38-20/h3-6,13-14,17,24,31H,7-12,15H2,1-2H3,(H,27,32)(H,28,34)(H,29,33)/t17-,24+/m1/s1. The average molecular weight is 577 g/mol. The summed E-state index contributed by atoms with van der Waals surface area (Å²) < 4.78 is 44.7. The van der Waals surface area contributed by atoms with Crippen LogP contribution in [0.1, 0.15) is 22.8 Å². The minimum Gasteiger partial charge on any atom is -0.491 e. The van der Waals surface area contributed by atoms with Crippen LogP contribution < -0.4 is 30.2 Å². The zero-order chi connectivity index (χ0) is 28.9. The number of carbonyl (C=O) groups excluding carboxylic acids is 3. The van der Waals surface area contributed by atoms with Crippen molar-refractivity contribution in [3.63, 3.8) is 0 Å². The van der Waals surface area contributed by atoms with Gasteiger partial charge in [-0.2, -0.15) is 4.31 Å². The first-order valence-corrected chi connectivity index (χ1v) is 14.2. The molecule has 2 atom stereocenters. The molecule has 2 aliphatic heterocycles. The number of ether oxygens (including phenoxy) is 3.